The fourth-order valence-electron chi connectivity index (χ4n) is 5.62. The van der Waals surface area contributed by atoms with E-state index in [0.29, 0.717) is 13.2 Å². The molecule has 1 aromatic heterocycles. The molecule has 2 aliphatic heterocycles. The summed E-state index contributed by atoms with van der Waals surface area (Å²) in [5, 5.41) is 7.23. The molecule has 0 saturated carbocycles. The monoisotopic (exact) mass is 471 g/mol. The molecule has 1 saturated heterocycles. The lowest BCUT2D eigenvalue weighted by atomic mass is 9.99. The zero-order valence-corrected chi connectivity index (χ0v) is 19.2. The minimum Gasteiger partial charge on any atom is -0.475 e. The zero-order chi connectivity index (χ0) is 22.7. The van der Waals surface area contributed by atoms with Gasteiger partial charge < -0.3 is 15.8 Å². The van der Waals surface area contributed by atoms with Gasteiger partial charge in [0.1, 0.15) is 11.5 Å². The van der Waals surface area contributed by atoms with Gasteiger partial charge in [0.15, 0.2) is 9.92 Å². The third kappa shape index (κ3) is 3.58. The number of aromatic nitrogens is 2. The first kappa shape index (κ1) is 20.9. The van der Waals surface area contributed by atoms with Crippen molar-refractivity contribution < 1.29 is 13.7 Å². The van der Waals surface area contributed by atoms with E-state index in [0.717, 1.165) is 57.3 Å². The molecule has 1 aromatic carbocycles. The number of nitrogens with two attached hydrogens (primary N) is 1. The number of amides is 2. The number of nitrogens with one attached hydrogen (secondary N) is 3. The first-order chi connectivity index (χ1) is 15.9. The summed E-state index contributed by atoms with van der Waals surface area (Å²) in [6.07, 6.45) is 7.44. The fourth-order valence-corrected chi connectivity index (χ4v) is 6.64. The van der Waals surface area contributed by atoms with E-state index in [4.69, 9.17) is 15.3 Å². The number of urea groups is 1. The Bertz CT molecular complexity index is 1200. The van der Waals surface area contributed by atoms with Crippen LogP contribution in [0.3, 0.4) is 0 Å². The fraction of sp³-hybridized carbons (Fsp3) is 0.545. The molecule has 2 atom stereocenters. The highest BCUT2D eigenvalue weighted by Crippen LogP contribution is 2.38. The largest absolute Gasteiger partial charge is 0.475 e. The normalized spacial score (nSPS) is 23.6. The highest BCUT2D eigenvalue weighted by molar-refractivity contribution is 7.91. The van der Waals surface area contributed by atoms with Crippen molar-refractivity contribution in [3.63, 3.8) is 0 Å². The van der Waals surface area contributed by atoms with Crippen molar-refractivity contribution in [3.8, 4) is 5.88 Å². The van der Waals surface area contributed by atoms with Gasteiger partial charge in [-0.05, 0) is 60.8 Å². The molecule has 0 bridgehead atoms. The molecular weight excluding hydrogens is 442 g/mol. The number of benzene rings is 1. The number of rotatable bonds is 4. The highest BCUT2D eigenvalue weighted by atomic mass is 32.2. The van der Waals surface area contributed by atoms with Crippen molar-refractivity contribution in [1.29, 1.82) is 4.78 Å². The number of carbonyl (C=O) groups excluding carboxylic acids is 1. The molecule has 0 radical (unpaired) electrons. The Morgan fingerprint density at radius 2 is 1.85 bits per heavy atom. The average Bonchev–Trinajstić information content (AvgIpc) is 3.49. The Labute approximate surface area is 192 Å². The van der Waals surface area contributed by atoms with E-state index in [2.05, 4.69) is 26.1 Å². The topological polar surface area (TPSA) is 138 Å². The van der Waals surface area contributed by atoms with Crippen LogP contribution in [0.2, 0.25) is 0 Å². The number of likely N-dealkylation sites (tertiary alicyclic amines) is 1. The Hall–Kier alpha value is -2.63. The van der Waals surface area contributed by atoms with Gasteiger partial charge in [-0.2, -0.15) is 5.10 Å². The van der Waals surface area contributed by atoms with E-state index in [1.54, 1.807) is 4.68 Å². The van der Waals surface area contributed by atoms with E-state index in [-0.39, 0.29) is 22.9 Å². The maximum Gasteiger partial charge on any atom is 0.331 e. The SMILES string of the molecule is N=S(=O)(NC(=O)Nc1c2c(cc3c1CCC3)CCC2)c1cnn2c1OC[C@H](N1CC(N)C1)C2. The molecule has 176 valence electrons. The van der Waals surface area contributed by atoms with Gasteiger partial charge in [-0.15, -0.1) is 0 Å². The Balaban J connectivity index is 1.19. The lowest BCUT2D eigenvalue weighted by Gasteiger charge is -2.43. The number of aryl methyl sites for hydroxylation is 2. The summed E-state index contributed by atoms with van der Waals surface area (Å²) in [5.74, 6) is 0.290. The lowest BCUT2D eigenvalue weighted by Crippen LogP contribution is -2.62. The van der Waals surface area contributed by atoms with E-state index in [1.807, 2.05) is 0 Å². The van der Waals surface area contributed by atoms with Gasteiger partial charge in [0, 0.05) is 24.8 Å². The minimum atomic E-state index is -3.65. The third-order valence-electron chi connectivity index (χ3n) is 7.27. The van der Waals surface area contributed by atoms with Gasteiger partial charge in [0.2, 0.25) is 5.88 Å². The number of nitrogens with zero attached hydrogens (tertiary/aromatic N) is 3. The maximum absolute atomic E-state index is 13.2. The summed E-state index contributed by atoms with van der Waals surface area (Å²) in [6.45, 7) is 2.63. The van der Waals surface area contributed by atoms with Gasteiger partial charge in [0.25, 0.3) is 0 Å². The zero-order valence-electron chi connectivity index (χ0n) is 18.4. The molecule has 10 nitrogen and oxygen atoms in total. The lowest BCUT2D eigenvalue weighted by molar-refractivity contribution is 0.0290. The summed E-state index contributed by atoms with van der Waals surface area (Å²) in [7, 11) is -3.65. The second kappa shape index (κ2) is 7.71. The van der Waals surface area contributed by atoms with Crippen molar-refractivity contribution in [3.05, 3.63) is 34.5 Å². The van der Waals surface area contributed by atoms with Crippen LogP contribution in [0.15, 0.2) is 17.2 Å². The van der Waals surface area contributed by atoms with Gasteiger partial charge in [-0.25, -0.2) is 23.2 Å². The predicted octanol–water partition coefficient (Wildman–Crippen LogP) is 1.41. The summed E-state index contributed by atoms with van der Waals surface area (Å²) in [5.41, 5.74) is 11.7. The summed E-state index contributed by atoms with van der Waals surface area (Å²) < 4.78 is 31.5. The van der Waals surface area contributed by atoms with Crippen LogP contribution in [0.1, 0.15) is 35.1 Å². The predicted molar refractivity (Wildman–Crippen MR) is 123 cm³/mol. The maximum atomic E-state index is 13.2. The molecule has 2 aliphatic carbocycles. The van der Waals surface area contributed by atoms with Crippen molar-refractivity contribution >= 4 is 21.6 Å². The quantitative estimate of drug-likeness (QED) is 0.532. The molecule has 0 spiro atoms. The standard InChI is InChI=1S/C22H29N7O3S/c23-15-9-28(10-15)16-11-29-21(32-12-16)19(8-25-29)33(24,31)27-22(30)26-20-17-5-1-3-13(17)7-14-4-2-6-18(14)20/h7-8,15-16H,1-6,9-12,23H2,(H3,24,26,27,30,31)/t16-,33?/m1/s1. The van der Waals surface area contributed by atoms with Crippen LogP contribution in [0.25, 0.3) is 0 Å². The third-order valence-corrected chi connectivity index (χ3v) is 8.64. The van der Waals surface area contributed by atoms with E-state index in [9.17, 15) is 9.00 Å². The molecule has 33 heavy (non-hydrogen) atoms. The molecule has 4 aliphatic rings. The second-order valence-electron chi connectivity index (χ2n) is 9.52. The van der Waals surface area contributed by atoms with Crippen LogP contribution in [-0.4, -0.2) is 56.7 Å². The molecule has 2 aromatic rings. The number of ether oxygens (including phenoxy) is 1. The first-order valence-electron chi connectivity index (χ1n) is 11.6. The molecule has 6 rings (SSSR count). The molecule has 1 unspecified atom stereocenters. The van der Waals surface area contributed by atoms with Gasteiger partial charge in [-0.1, -0.05) is 6.07 Å². The smallest absolute Gasteiger partial charge is 0.331 e. The second-order valence-corrected chi connectivity index (χ2v) is 11.3. The Morgan fingerprint density at radius 1 is 1.15 bits per heavy atom. The van der Waals surface area contributed by atoms with Crippen LogP contribution < -0.4 is 20.5 Å². The molecule has 11 heteroatoms. The van der Waals surface area contributed by atoms with Crippen molar-refractivity contribution in [1.82, 2.24) is 19.4 Å². The average molecular weight is 472 g/mol. The van der Waals surface area contributed by atoms with E-state index in [1.165, 1.54) is 28.5 Å². The Morgan fingerprint density at radius 3 is 2.52 bits per heavy atom. The number of hydrogen-bond acceptors (Lipinski definition) is 7. The van der Waals surface area contributed by atoms with Crippen LogP contribution in [0.4, 0.5) is 10.5 Å². The number of fused-ring (bicyclic) bond motifs is 3. The molecular formula is C22H29N7O3S. The van der Waals surface area contributed by atoms with E-state index < -0.39 is 15.9 Å². The summed E-state index contributed by atoms with van der Waals surface area (Å²) >= 11 is 0. The molecule has 3 heterocycles. The number of hydrogen-bond donors (Lipinski definition) is 4. The van der Waals surface area contributed by atoms with Gasteiger partial charge >= 0.3 is 6.03 Å². The van der Waals surface area contributed by atoms with Crippen molar-refractivity contribution in [2.24, 2.45) is 5.73 Å². The summed E-state index contributed by atoms with van der Waals surface area (Å²) in [6, 6.07) is 2.00. The minimum absolute atomic E-state index is 0.0972. The Kier molecular flexibility index (Phi) is 4.89. The first-order valence-corrected chi connectivity index (χ1v) is 13.2. The highest BCUT2D eigenvalue weighted by Gasteiger charge is 2.36. The molecule has 5 N–H and O–H groups in total. The summed E-state index contributed by atoms with van der Waals surface area (Å²) in [4.78, 5) is 15.2. The number of carbonyl (C=O) groups is 1. The van der Waals surface area contributed by atoms with Crippen molar-refractivity contribution in [2.45, 2.75) is 62.0 Å². The number of anilines is 1. The van der Waals surface area contributed by atoms with Gasteiger partial charge in [0.05, 0.1) is 18.8 Å². The van der Waals surface area contributed by atoms with Gasteiger partial charge in [-0.3, -0.25) is 4.90 Å². The van der Waals surface area contributed by atoms with E-state index >= 15 is 0 Å². The molecule has 1 fully saturated rings. The molecule has 2 amide bonds. The van der Waals surface area contributed by atoms with Crippen LogP contribution >= 0.6 is 0 Å². The van der Waals surface area contributed by atoms with Crippen molar-refractivity contribution in [2.75, 3.05) is 25.0 Å². The van der Waals surface area contributed by atoms with Crippen LogP contribution in [-0.2, 0) is 42.1 Å². The van der Waals surface area contributed by atoms with Crippen LogP contribution in [0.5, 0.6) is 5.88 Å². The van der Waals surface area contributed by atoms with Crippen LogP contribution in [0, 0.1) is 4.78 Å².